The lowest BCUT2D eigenvalue weighted by Gasteiger charge is -2.26. The molecule has 0 amide bonds. The van der Waals surface area contributed by atoms with E-state index in [-0.39, 0.29) is 6.61 Å². The molecule has 0 heterocycles. The molecule has 0 aliphatic rings. The predicted octanol–water partition coefficient (Wildman–Crippen LogP) is 4.75. The molecule has 0 unspecified atom stereocenters. The summed E-state index contributed by atoms with van der Waals surface area (Å²) < 4.78 is 5.85. The first kappa shape index (κ1) is 20.1. The summed E-state index contributed by atoms with van der Waals surface area (Å²) in [5.41, 5.74) is 4.87. The largest absolute Gasteiger partial charge is 0.491 e. The van der Waals surface area contributed by atoms with Crippen LogP contribution in [0.3, 0.4) is 0 Å². The molecule has 0 spiro atoms. The van der Waals surface area contributed by atoms with E-state index in [0.29, 0.717) is 6.54 Å². The highest BCUT2D eigenvalue weighted by molar-refractivity contribution is 5.31. The number of aryl methyl sites for hydroxylation is 2. The van der Waals surface area contributed by atoms with Gasteiger partial charge in [-0.15, -0.1) is 0 Å². The van der Waals surface area contributed by atoms with Gasteiger partial charge in [0.1, 0.15) is 18.5 Å². The number of nitrogens with zero attached hydrogens (tertiary/aromatic N) is 1. The minimum atomic E-state index is -0.563. The van der Waals surface area contributed by atoms with Crippen LogP contribution in [0.25, 0.3) is 0 Å². The van der Waals surface area contributed by atoms with E-state index in [1.807, 2.05) is 37.3 Å². The molecule has 0 radical (unpaired) electrons. The molecule has 3 aromatic rings. The highest BCUT2D eigenvalue weighted by Crippen LogP contribution is 2.17. The Morgan fingerprint density at radius 2 is 1.43 bits per heavy atom. The summed E-state index contributed by atoms with van der Waals surface area (Å²) in [7, 11) is 0. The standard InChI is InChI=1S/C25H29NO2/c1-20-10-6-8-14-23(20)17-26(16-22-12-4-3-5-13-22)18-24(27)19-28-25-15-9-7-11-21(25)2/h3-15,24,27H,16-19H2,1-2H3/t24-/m0/s1. The molecule has 0 aliphatic carbocycles. The molecule has 3 heteroatoms. The Bertz CT molecular complexity index is 863. The van der Waals surface area contributed by atoms with Crippen LogP contribution in [0.15, 0.2) is 78.9 Å². The molecule has 1 atom stereocenters. The third kappa shape index (κ3) is 5.95. The smallest absolute Gasteiger partial charge is 0.122 e. The van der Waals surface area contributed by atoms with Gasteiger partial charge in [0.2, 0.25) is 0 Å². The third-order valence-corrected chi connectivity index (χ3v) is 4.90. The number of aliphatic hydroxyl groups is 1. The van der Waals surface area contributed by atoms with Crippen molar-refractivity contribution in [1.82, 2.24) is 4.90 Å². The van der Waals surface area contributed by atoms with Crippen LogP contribution in [0.1, 0.15) is 22.3 Å². The van der Waals surface area contributed by atoms with Gasteiger partial charge in [0.05, 0.1) is 0 Å². The maximum absolute atomic E-state index is 10.6. The maximum atomic E-state index is 10.6. The Hall–Kier alpha value is -2.62. The lowest BCUT2D eigenvalue weighted by Crippen LogP contribution is -2.35. The van der Waals surface area contributed by atoms with Gasteiger partial charge in [0.15, 0.2) is 0 Å². The molecule has 0 saturated carbocycles. The predicted molar refractivity (Wildman–Crippen MR) is 114 cm³/mol. The molecule has 146 valence electrons. The van der Waals surface area contributed by atoms with E-state index in [1.54, 1.807) is 0 Å². The normalized spacial score (nSPS) is 12.1. The van der Waals surface area contributed by atoms with Crippen LogP contribution < -0.4 is 4.74 Å². The first-order valence-corrected chi connectivity index (χ1v) is 9.79. The molecule has 3 aromatic carbocycles. The average Bonchev–Trinajstić information content (AvgIpc) is 2.70. The lowest BCUT2D eigenvalue weighted by atomic mass is 10.1. The Kier molecular flexibility index (Phi) is 7.24. The lowest BCUT2D eigenvalue weighted by molar-refractivity contribution is 0.0625. The molecule has 3 nitrogen and oxygen atoms in total. The molecular weight excluding hydrogens is 346 g/mol. The SMILES string of the molecule is Cc1ccccc1CN(Cc1ccccc1)C[C@H](O)COc1ccccc1C. The molecule has 0 saturated heterocycles. The molecule has 3 rings (SSSR count). The van der Waals surface area contributed by atoms with Gasteiger partial charge in [-0.25, -0.2) is 0 Å². The molecule has 1 N–H and O–H groups in total. The van der Waals surface area contributed by atoms with Crippen molar-refractivity contribution < 1.29 is 9.84 Å². The van der Waals surface area contributed by atoms with Crippen LogP contribution in [0.2, 0.25) is 0 Å². The molecule has 0 aliphatic heterocycles. The summed E-state index contributed by atoms with van der Waals surface area (Å²) in [5, 5.41) is 10.6. The van der Waals surface area contributed by atoms with Crippen LogP contribution >= 0.6 is 0 Å². The Balaban J connectivity index is 1.65. The summed E-state index contributed by atoms with van der Waals surface area (Å²) in [5.74, 6) is 0.829. The van der Waals surface area contributed by atoms with E-state index in [4.69, 9.17) is 4.74 Å². The second-order valence-electron chi connectivity index (χ2n) is 7.31. The zero-order valence-corrected chi connectivity index (χ0v) is 16.7. The zero-order valence-electron chi connectivity index (χ0n) is 16.7. The number of para-hydroxylation sites is 1. The quantitative estimate of drug-likeness (QED) is 0.586. The fraction of sp³-hybridized carbons (Fsp3) is 0.280. The fourth-order valence-corrected chi connectivity index (χ4v) is 3.31. The van der Waals surface area contributed by atoms with Crippen molar-refractivity contribution in [2.24, 2.45) is 0 Å². The highest BCUT2D eigenvalue weighted by Gasteiger charge is 2.15. The second kappa shape index (κ2) is 10.1. The van der Waals surface area contributed by atoms with Crippen LogP contribution in [0.5, 0.6) is 5.75 Å². The van der Waals surface area contributed by atoms with Gasteiger partial charge in [0, 0.05) is 19.6 Å². The van der Waals surface area contributed by atoms with Crippen molar-refractivity contribution >= 4 is 0 Å². The maximum Gasteiger partial charge on any atom is 0.122 e. The van der Waals surface area contributed by atoms with Gasteiger partial charge in [-0.3, -0.25) is 4.90 Å². The molecule has 28 heavy (non-hydrogen) atoms. The first-order valence-electron chi connectivity index (χ1n) is 9.79. The van der Waals surface area contributed by atoms with E-state index < -0.39 is 6.10 Å². The van der Waals surface area contributed by atoms with Gasteiger partial charge in [-0.1, -0.05) is 72.8 Å². The van der Waals surface area contributed by atoms with Crippen molar-refractivity contribution in [2.45, 2.75) is 33.0 Å². The summed E-state index contributed by atoms with van der Waals surface area (Å²) in [4.78, 5) is 2.28. The van der Waals surface area contributed by atoms with Crippen molar-refractivity contribution in [3.63, 3.8) is 0 Å². The van der Waals surface area contributed by atoms with Gasteiger partial charge in [-0.05, 0) is 42.2 Å². The molecule has 0 bridgehead atoms. The Labute approximate surface area is 168 Å². The van der Waals surface area contributed by atoms with Gasteiger partial charge in [0.25, 0.3) is 0 Å². The number of hydrogen-bond acceptors (Lipinski definition) is 3. The van der Waals surface area contributed by atoms with Crippen LogP contribution in [-0.2, 0) is 13.1 Å². The fourth-order valence-electron chi connectivity index (χ4n) is 3.31. The molecular formula is C25H29NO2. The van der Waals surface area contributed by atoms with E-state index in [2.05, 4.69) is 60.4 Å². The van der Waals surface area contributed by atoms with E-state index in [0.717, 1.165) is 24.4 Å². The van der Waals surface area contributed by atoms with Crippen LogP contribution in [-0.4, -0.2) is 29.3 Å². The van der Waals surface area contributed by atoms with Crippen molar-refractivity contribution in [2.75, 3.05) is 13.2 Å². The summed E-state index contributed by atoms with van der Waals surface area (Å²) in [6.45, 7) is 6.56. The number of benzene rings is 3. The monoisotopic (exact) mass is 375 g/mol. The van der Waals surface area contributed by atoms with Crippen molar-refractivity contribution in [1.29, 1.82) is 0 Å². The Morgan fingerprint density at radius 3 is 2.14 bits per heavy atom. The number of aliphatic hydroxyl groups excluding tert-OH is 1. The minimum Gasteiger partial charge on any atom is -0.491 e. The Morgan fingerprint density at radius 1 is 0.786 bits per heavy atom. The van der Waals surface area contributed by atoms with Gasteiger partial charge < -0.3 is 9.84 Å². The highest BCUT2D eigenvalue weighted by atomic mass is 16.5. The number of rotatable bonds is 9. The topological polar surface area (TPSA) is 32.7 Å². The molecule has 0 aromatic heterocycles. The summed E-state index contributed by atoms with van der Waals surface area (Å²) >= 11 is 0. The van der Waals surface area contributed by atoms with Gasteiger partial charge >= 0.3 is 0 Å². The molecule has 0 fully saturated rings. The van der Waals surface area contributed by atoms with Crippen molar-refractivity contribution in [3.05, 3.63) is 101 Å². The second-order valence-corrected chi connectivity index (χ2v) is 7.31. The first-order chi connectivity index (χ1) is 13.6. The minimum absolute atomic E-state index is 0.282. The van der Waals surface area contributed by atoms with Crippen molar-refractivity contribution in [3.8, 4) is 5.75 Å². The van der Waals surface area contributed by atoms with E-state index in [9.17, 15) is 5.11 Å². The summed E-state index contributed by atoms with van der Waals surface area (Å²) in [6.07, 6.45) is -0.563. The van der Waals surface area contributed by atoms with Crippen LogP contribution in [0, 0.1) is 13.8 Å². The third-order valence-electron chi connectivity index (χ3n) is 4.90. The van der Waals surface area contributed by atoms with Gasteiger partial charge in [-0.2, -0.15) is 0 Å². The number of ether oxygens (including phenoxy) is 1. The van der Waals surface area contributed by atoms with Crippen LogP contribution in [0.4, 0.5) is 0 Å². The number of hydrogen-bond donors (Lipinski definition) is 1. The zero-order chi connectivity index (χ0) is 19.8. The van der Waals surface area contributed by atoms with E-state index >= 15 is 0 Å². The summed E-state index contributed by atoms with van der Waals surface area (Å²) in [6, 6.07) is 26.7. The van der Waals surface area contributed by atoms with E-state index in [1.165, 1.54) is 16.7 Å². The average molecular weight is 376 g/mol.